The topological polar surface area (TPSA) is 29.5 Å². The molecule has 13 heavy (non-hydrogen) atoms. The van der Waals surface area contributed by atoms with E-state index in [4.69, 9.17) is 9.53 Å². The Morgan fingerprint density at radius 1 is 1.31 bits per heavy atom. The molecule has 0 aromatic carbocycles. The van der Waals surface area contributed by atoms with Crippen LogP contribution in [-0.4, -0.2) is 27.6 Å². The van der Waals surface area contributed by atoms with Gasteiger partial charge in [-0.3, -0.25) is 0 Å². The van der Waals surface area contributed by atoms with Crippen molar-refractivity contribution in [2.24, 2.45) is 0 Å². The van der Waals surface area contributed by atoms with Crippen LogP contribution in [-0.2, 0) is 4.43 Å². The molecule has 0 aliphatic carbocycles. The summed E-state index contributed by atoms with van der Waals surface area (Å²) in [7, 11) is -0.443. The Kier molecular flexibility index (Phi) is 9.42. The number of aliphatic hydroxyl groups is 1. The first-order valence-corrected chi connectivity index (χ1v) is 6.37. The predicted molar refractivity (Wildman–Crippen MR) is 59.6 cm³/mol. The highest BCUT2D eigenvalue weighted by molar-refractivity contribution is 6.27. The molecule has 0 fully saturated rings. The summed E-state index contributed by atoms with van der Waals surface area (Å²) in [6.45, 7) is 7.66. The van der Waals surface area contributed by atoms with Crippen molar-refractivity contribution < 1.29 is 9.53 Å². The molecule has 0 amide bonds. The van der Waals surface area contributed by atoms with Crippen molar-refractivity contribution >= 4 is 9.76 Å². The van der Waals surface area contributed by atoms with E-state index in [9.17, 15) is 0 Å². The lowest BCUT2D eigenvalue weighted by atomic mass is 10.2. The Bertz CT molecular complexity index is 127. The molecule has 0 spiro atoms. The molecule has 0 unspecified atom stereocenters. The first-order chi connectivity index (χ1) is 6.35. The van der Waals surface area contributed by atoms with Crippen LogP contribution < -0.4 is 0 Å². The van der Waals surface area contributed by atoms with Crippen LogP contribution in [0.15, 0.2) is 25.3 Å². The SMILES string of the molecule is C=CCC(CC=C)O[SiH2]CCCO. The smallest absolute Gasteiger partial charge is 0.162 e. The molecule has 0 heterocycles. The summed E-state index contributed by atoms with van der Waals surface area (Å²) >= 11 is 0. The molecule has 0 aliphatic heterocycles. The van der Waals surface area contributed by atoms with Gasteiger partial charge in [0.25, 0.3) is 0 Å². The lowest BCUT2D eigenvalue weighted by Crippen LogP contribution is -2.14. The Labute approximate surface area is 83.2 Å². The van der Waals surface area contributed by atoms with Gasteiger partial charge in [-0.1, -0.05) is 12.2 Å². The monoisotopic (exact) mass is 200 g/mol. The third-order valence-corrected chi connectivity index (χ3v) is 3.26. The normalized spacial score (nSPS) is 11.2. The Hall–Kier alpha value is -0.383. The molecule has 2 nitrogen and oxygen atoms in total. The molecule has 3 heteroatoms. The molecular formula is C10H20O2Si. The largest absolute Gasteiger partial charge is 0.420 e. The lowest BCUT2D eigenvalue weighted by molar-refractivity contribution is 0.216. The minimum atomic E-state index is -0.443. The Morgan fingerprint density at radius 2 is 1.92 bits per heavy atom. The van der Waals surface area contributed by atoms with Gasteiger partial charge in [0.1, 0.15) is 0 Å². The maximum absolute atomic E-state index is 8.57. The highest BCUT2D eigenvalue weighted by Gasteiger charge is 2.03. The highest BCUT2D eigenvalue weighted by atomic mass is 28.2. The van der Waals surface area contributed by atoms with Crippen molar-refractivity contribution in [2.75, 3.05) is 6.61 Å². The molecule has 0 rings (SSSR count). The minimum absolute atomic E-state index is 0.278. The van der Waals surface area contributed by atoms with E-state index in [0.29, 0.717) is 0 Å². The molecule has 76 valence electrons. The maximum Gasteiger partial charge on any atom is 0.162 e. The fourth-order valence-electron chi connectivity index (χ4n) is 1.07. The number of rotatable bonds is 9. The molecule has 0 aromatic rings. The average molecular weight is 200 g/mol. The second kappa shape index (κ2) is 9.70. The van der Waals surface area contributed by atoms with Gasteiger partial charge in [0.15, 0.2) is 9.76 Å². The second-order valence-electron chi connectivity index (χ2n) is 2.97. The quantitative estimate of drug-likeness (QED) is 0.346. The molecule has 0 radical (unpaired) electrons. The van der Waals surface area contributed by atoms with Crippen LogP contribution in [0, 0.1) is 0 Å². The van der Waals surface area contributed by atoms with Gasteiger partial charge < -0.3 is 9.53 Å². The highest BCUT2D eigenvalue weighted by Crippen LogP contribution is 2.05. The van der Waals surface area contributed by atoms with Crippen LogP contribution in [0.5, 0.6) is 0 Å². The van der Waals surface area contributed by atoms with E-state index >= 15 is 0 Å². The van der Waals surface area contributed by atoms with Crippen LogP contribution in [0.4, 0.5) is 0 Å². The maximum atomic E-state index is 8.57. The van der Waals surface area contributed by atoms with Gasteiger partial charge >= 0.3 is 0 Å². The first kappa shape index (κ1) is 12.6. The number of hydrogen-bond donors (Lipinski definition) is 1. The molecule has 0 bridgehead atoms. The summed E-state index contributed by atoms with van der Waals surface area (Å²) in [5.41, 5.74) is 0. The fraction of sp³-hybridized carbons (Fsp3) is 0.600. The zero-order valence-corrected chi connectivity index (χ0v) is 9.66. The molecule has 0 atom stereocenters. The summed E-state index contributed by atoms with van der Waals surface area (Å²) in [4.78, 5) is 0. The van der Waals surface area contributed by atoms with Crippen molar-refractivity contribution in [1.82, 2.24) is 0 Å². The van der Waals surface area contributed by atoms with Crippen molar-refractivity contribution in [3.8, 4) is 0 Å². The predicted octanol–water partition coefficient (Wildman–Crippen LogP) is 1.41. The molecule has 1 N–H and O–H groups in total. The summed E-state index contributed by atoms with van der Waals surface area (Å²) < 4.78 is 5.71. The van der Waals surface area contributed by atoms with E-state index in [2.05, 4.69) is 13.2 Å². The molecule has 0 saturated heterocycles. The van der Waals surface area contributed by atoms with Crippen LogP contribution >= 0.6 is 0 Å². The Morgan fingerprint density at radius 3 is 2.38 bits per heavy atom. The van der Waals surface area contributed by atoms with E-state index in [1.807, 2.05) is 12.2 Å². The van der Waals surface area contributed by atoms with Gasteiger partial charge in [-0.2, -0.15) is 0 Å². The van der Waals surface area contributed by atoms with Gasteiger partial charge in [0.05, 0.1) is 6.10 Å². The van der Waals surface area contributed by atoms with Crippen molar-refractivity contribution in [2.45, 2.75) is 31.4 Å². The van der Waals surface area contributed by atoms with E-state index in [1.54, 1.807) is 0 Å². The summed E-state index contributed by atoms with van der Waals surface area (Å²) in [5.74, 6) is 0. The molecule has 0 aliphatic rings. The van der Waals surface area contributed by atoms with Gasteiger partial charge in [-0.25, -0.2) is 0 Å². The molecule has 0 aromatic heterocycles. The third kappa shape index (κ3) is 7.96. The Balaban J connectivity index is 3.43. The average Bonchev–Trinajstić information content (AvgIpc) is 2.13. The van der Waals surface area contributed by atoms with Crippen molar-refractivity contribution in [3.63, 3.8) is 0 Å². The van der Waals surface area contributed by atoms with Gasteiger partial charge in [-0.05, 0) is 25.3 Å². The van der Waals surface area contributed by atoms with Crippen LogP contribution in [0.2, 0.25) is 6.04 Å². The fourth-order valence-corrected chi connectivity index (χ4v) is 2.27. The van der Waals surface area contributed by atoms with Crippen LogP contribution in [0.25, 0.3) is 0 Å². The van der Waals surface area contributed by atoms with Crippen molar-refractivity contribution in [3.05, 3.63) is 25.3 Å². The van der Waals surface area contributed by atoms with Crippen molar-refractivity contribution in [1.29, 1.82) is 0 Å². The third-order valence-electron chi connectivity index (χ3n) is 1.77. The van der Waals surface area contributed by atoms with E-state index < -0.39 is 9.76 Å². The van der Waals surface area contributed by atoms with E-state index in [1.165, 1.54) is 0 Å². The summed E-state index contributed by atoms with van der Waals surface area (Å²) in [6, 6.07) is 1.06. The number of hydrogen-bond acceptors (Lipinski definition) is 2. The zero-order chi connectivity index (χ0) is 9.94. The first-order valence-electron chi connectivity index (χ1n) is 4.79. The molecule has 0 saturated carbocycles. The van der Waals surface area contributed by atoms with Gasteiger partial charge in [0.2, 0.25) is 0 Å². The minimum Gasteiger partial charge on any atom is -0.420 e. The summed E-state index contributed by atoms with van der Waals surface area (Å²) in [6.07, 6.45) is 6.72. The van der Waals surface area contributed by atoms with Crippen LogP contribution in [0.3, 0.4) is 0 Å². The van der Waals surface area contributed by atoms with E-state index in [0.717, 1.165) is 25.3 Å². The standard InChI is InChI=1S/C10H20O2Si/c1-3-6-10(7-4-2)12-13-9-5-8-11/h3-4,10-11H,1-2,5-9,13H2. The second-order valence-corrected chi connectivity index (χ2v) is 4.42. The van der Waals surface area contributed by atoms with Crippen LogP contribution in [0.1, 0.15) is 19.3 Å². The van der Waals surface area contributed by atoms with E-state index in [-0.39, 0.29) is 12.7 Å². The summed E-state index contributed by atoms with van der Waals surface area (Å²) in [5, 5.41) is 8.57. The zero-order valence-electron chi connectivity index (χ0n) is 8.24. The van der Waals surface area contributed by atoms with Gasteiger partial charge in [-0.15, -0.1) is 13.2 Å². The van der Waals surface area contributed by atoms with Gasteiger partial charge in [0, 0.05) is 6.61 Å². The lowest BCUT2D eigenvalue weighted by Gasteiger charge is -2.14. The molecular weight excluding hydrogens is 180 g/mol. The number of aliphatic hydroxyl groups excluding tert-OH is 1.